The van der Waals surface area contributed by atoms with Gasteiger partial charge in [-0.1, -0.05) is 44.2 Å². The molecule has 0 amide bonds. The van der Waals surface area contributed by atoms with Gasteiger partial charge in [-0.25, -0.2) is 4.99 Å². The summed E-state index contributed by atoms with van der Waals surface area (Å²) >= 11 is 0. The third-order valence-electron chi connectivity index (χ3n) is 7.99. The van der Waals surface area contributed by atoms with Crippen LogP contribution < -0.4 is 0 Å². The molecule has 2 aromatic rings. The Morgan fingerprint density at radius 2 is 1.97 bits per heavy atom. The Kier molecular flexibility index (Phi) is 2.81. The first-order valence-electron chi connectivity index (χ1n) is 10.6. The number of nitrogens with zero attached hydrogens (tertiary/aromatic N) is 3. The van der Waals surface area contributed by atoms with Gasteiger partial charge in [0, 0.05) is 40.2 Å². The molecule has 1 saturated carbocycles. The van der Waals surface area contributed by atoms with Crippen LogP contribution in [0.1, 0.15) is 43.5 Å². The van der Waals surface area contributed by atoms with Crippen LogP contribution in [0.25, 0.3) is 5.57 Å². The number of epoxide rings is 1. The summed E-state index contributed by atoms with van der Waals surface area (Å²) < 4.78 is 6.06. The highest BCUT2D eigenvalue weighted by molar-refractivity contribution is 6.09. The van der Waals surface area contributed by atoms with Gasteiger partial charge in [0.25, 0.3) is 0 Å². The summed E-state index contributed by atoms with van der Waals surface area (Å²) in [5.74, 6) is 2.23. The minimum absolute atomic E-state index is 0.179. The van der Waals surface area contributed by atoms with Gasteiger partial charge in [-0.05, 0) is 42.4 Å². The van der Waals surface area contributed by atoms with E-state index in [4.69, 9.17) is 14.7 Å². The van der Waals surface area contributed by atoms with Crippen LogP contribution >= 0.6 is 0 Å². The molecule has 0 radical (unpaired) electrons. The van der Waals surface area contributed by atoms with Crippen LogP contribution in [-0.4, -0.2) is 28.1 Å². The van der Waals surface area contributed by atoms with Crippen LogP contribution in [0.2, 0.25) is 0 Å². The monoisotopic (exact) mass is 381 g/mol. The number of allylic oxidation sites excluding steroid dienone is 1. The first kappa shape index (κ1) is 16.1. The van der Waals surface area contributed by atoms with Crippen LogP contribution in [0.3, 0.4) is 0 Å². The lowest BCUT2D eigenvalue weighted by Gasteiger charge is -2.43. The van der Waals surface area contributed by atoms with E-state index in [0.717, 1.165) is 17.1 Å². The number of ether oxygens (including phenoxy) is 1. The molecule has 1 spiro atoms. The van der Waals surface area contributed by atoms with E-state index in [1.807, 2.05) is 12.3 Å². The maximum absolute atomic E-state index is 6.06. The Morgan fingerprint density at radius 3 is 2.76 bits per heavy atom. The number of amidine groups is 1. The van der Waals surface area contributed by atoms with Gasteiger partial charge >= 0.3 is 0 Å². The summed E-state index contributed by atoms with van der Waals surface area (Å²) in [6.07, 6.45) is 6.66. The zero-order valence-corrected chi connectivity index (χ0v) is 16.7. The van der Waals surface area contributed by atoms with Gasteiger partial charge in [0.1, 0.15) is 12.4 Å². The van der Waals surface area contributed by atoms with E-state index in [0.29, 0.717) is 18.4 Å². The molecule has 4 atom stereocenters. The summed E-state index contributed by atoms with van der Waals surface area (Å²) in [4.78, 5) is 12.4. The quantitative estimate of drug-likeness (QED) is 0.678. The van der Waals surface area contributed by atoms with Gasteiger partial charge in [0.2, 0.25) is 5.72 Å². The number of hydrogen-bond donors (Lipinski definition) is 0. The van der Waals surface area contributed by atoms with Gasteiger partial charge < -0.3 is 9.64 Å². The molecule has 4 heterocycles. The van der Waals surface area contributed by atoms with Crippen molar-refractivity contribution in [2.75, 3.05) is 6.61 Å². The van der Waals surface area contributed by atoms with Gasteiger partial charge in [0.15, 0.2) is 0 Å². The van der Waals surface area contributed by atoms with E-state index in [2.05, 4.69) is 61.3 Å². The van der Waals surface area contributed by atoms with Crippen molar-refractivity contribution < 1.29 is 4.74 Å². The number of pyridine rings is 1. The molecule has 7 rings (SSSR count). The van der Waals surface area contributed by atoms with Crippen molar-refractivity contribution in [3.63, 3.8) is 0 Å². The van der Waals surface area contributed by atoms with Crippen molar-refractivity contribution in [2.24, 2.45) is 22.2 Å². The summed E-state index contributed by atoms with van der Waals surface area (Å²) in [5, 5.41) is 0. The van der Waals surface area contributed by atoms with Crippen LogP contribution in [0.5, 0.6) is 0 Å². The predicted octanol–water partition coefficient (Wildman–Crippen LogP) is 4.59. The molecule has 144 valence electrons. The molecule has 5 aliphatic rings. The van der Waals surface area contributed by atoms with E-state index >= 15 is 0 Å². The lowest BCUT2D eigenvalue weighted by Crippen LogP contribution is -2.43. The molecule has 29 heavy (non-hydrogen) atoms. The summed E-state index contributed by atoms with van der Waals surface area (Å²) in [5.41, 5.74) is 7.15. The van der Waals surface area contributed by atoms with E-state index in [1.165, 1.54) is 35.2 Å². The number of aliphatic imine (C=N–C) groups is 1. The van der Waals surface area contributed by atoms with E-state index < -0.39 is 5.72 Å². The molecule has 2 bridgehead atoms. The Bertz CT molecular complexity index is 1160. The number of rotatable bonds is 1. The van der Waals surface area contributed by atoms with Crippen molar-refractivity contribution >= 4 is 11.4 Å². The molecule has 1 aromatic heterocycles. The second-order valence-electron chi connectivity index (χ2n) is 9.30. The third kappa shape index (κ3) is 1.84. The largest absolute Gasteiger partial charge is 0.342 e. The molecule has 4 nitrogen and oxygen atoms in total. The number of benzene rings is 1. The van der Waals surface area contributed by atoms with Crippen LogP contribution in [-0.2, 0) is 4.74 Å². The van der Waals surface area contributed by atoms with E-state index in [1.54, 1.807) is 0 Å². The Balaban J connectivity index is 1.51. The molecule has 1 aromatic carbocycles. The lowest BCUT2D eigenvalue weighted by atomic mass is 9.78. The molecule has 3 aliphatic heterocycles. The van der Waals surface area contributed by atoms with Crippen LogP contribution in [0.15, 0.2) is 71.1 Å². The lowest BCUT2D eigenvalue weighted by molar-refractivity contribution is 0.276. The van der Waals surface area contributed by atoms with Crippen LogP contribution in [0, 0.1) is 17.3 Å². The average molecular weight is 381 g/mol. The molecule has 2 aliphatic carbocycles. The maximum Gasteiger partial charge on any atom is 0.209 e. The average Bonchev–Trinajstić information content (AvgIpc) is 3.42. The number of fused-ring (bicyclic) bond motifs is 9. The molecule has 4 unspecified atom stereocenters. The van der Waals surface area contributed by atoms with Crippen molar-refractivity contribution in [1.82, 2.24) is 9.88 Å². The van der Waals surface area contributed by atoms with Crippen molar-refractivity contribution in [3.05, 3.63) is 83.0 Å². The molecular formula is C25H23N3O. The Morgan fingerprint density at radius 1 is 1.14 bits per heavy atom. The highest BCUT2D eigenvalue weighted by Crippen LogP contribution is 2.67. The van der Waals surface area contributed by atoms with Gasteiger partial charge in [-0.3, -0.25) is 4.98 Å². The summed E-state index contributed by atoms with van der Waals surface area (Å²) in [7, 11) is 0. The maximum atomic E-state index is 6.06. The van der Waals surface area contributed by atoms with Crippen LogP contribution in [0.4, 0.5) is 0 Å². The smallest absolute Gasteiger partial charge is 0.209 e. The molecular weight excluding hydrogens is 358 g/mol. The molecule has 2 fully saturated rings. The van der Waals surface area contributed by atoms with Gasteiger partial charge in [-0.15, -0.1) is 0 Å². The Labute approximate surface area is 170 Å². The van der Waals surface area contributed by atoms with Crippen molar-refractivity contribution in [2.45, 2.75) is 32.4 Å². The molecule has 4 heteroatoms. The highest BCUT2D eigenvalue weighted by atomic mass is 16.6. The highest BCUT2D eigenvalue weighted by Gasteiger charge is 2.66. The fourth-order valence-corrected chi connectivity index (χ4v) is 6.28. The number of aromatic nitrogens is 1. The van der Waals surface area contributed by atoms with Crippen molar-refractivity contribution in [3.8, 4) is 0 Å². The second-order valence-corrected chi connectivity index (χ2v) is 9.30. The number of hydrogen-bond acceptors (Lipinski definition) is 4. The fourth-order valence-electron chi connectivity index (χ4n) is 6.28. The summed E-state index contributed by atoms with van der Waals surface area (Å²) in [6, 6.07) is 14.8. The van der Waals surface area contributed by atoms with E-state index in [9.17, 15) is 0 Å². The van der Waals surface area contributed by atoms with Gasteiger partial charge in [-0.2, -0.15) is 0 Å². The minimum Gasteiger partial charge on any atom is -0.342 e. The SMILES string of the molecule is CC1C2CCC1(C)C1=C2C2(CO2)N=C2c3cccnc3C(c3ccccc3)=CN21. The predicted molar refractivity (Wildman–Crippen MR) is 112 cm³/mol. The third-order valence-corrected chi connectivity index (χ3v) is 7.99. The fraction of sp³-hybridized carbons (Fsp3) is 0.360. The zero-order valence-electron chi connectivity index (χ0n) is 16.7. The first-order chi connectivity index (χ1) is 14.1. The van der Waals surface area contributed by atoms with Crippen molar-refractivity contribution in [1.29, 1.82) is 0 Å². The minimum atomic E-state index is -0.413. The Hall–Kier alpha value is -2.72. The zero-order chi connectivity index (χ0) is 19.4. The standard InChI is InChI=1S/C25H23N3O/c1-15-17-10-11-24(15,2)22-20(17)25(14-29-25)27-23-18-9-6-12-26-21(18)19(13-28(22)23)16-7-4-3-5-8-16/h3-9,12-13,15,17H,10-11,14H2,1-2H3. The topological polar surface area (TPSA) is 41.0 Å². The molecule has 1 saturated heterocycles. The summed E-state index contributed by atoms with van der Waals surface area (Å²) in [6.45, 7) is 5.59. The molecule has 0 N–H and O–H groups in total. The normalized spacial score (nSPS) is 35.9. The second kappa shape index (κ2) is 5.06. The van der Waals surface area contributed by atoms with Gasteiger partial charge in [0.05, 0.1) is 5.69 Å². The van der Waals surface area contributed by atoms with E-state index in [-0.39, 0.29) is 5.41 Å². The first-order valence-corrected chi connectivity index (χ1v) is 10.6.